The summed E-state index contributed by atoms with van der Waals surface area (Å²) < 4.78 is 1.53. The first kappa shape index (κ1) is 17.3. The van der Waals surface area contributed by atoms with E-state index in [4.69, 9.17) is 11.6 Å². The largest absolute Gasteiger partial charge is 0.394 e. The number of hydrogen-bond donors (Lipinski definition) is 2. The van der Waals surface area contributed by atoms with E-state index < -0.39 is 0 Å². The molecule has 0 fully saturated rings. The van der Waals surface area contributed by atoms with Crippen LogP contribution in [-0.4, -0.2) is 43.5 Å². The Bertz CT molecular complexity index is 853. The second-order valence-electron chi connectivity index (χ2n) is 5.68. The normalized spacial score (nSPS) is 12.2. The molecule has 0 bridgehead atoms. The number of rotatable bonds is 7. The van der Waals surface area contributed by atoms with Crippen molar-refractivity contribution in [3.05, 3.63) is 59.0 Å². The van der Waals surface area contributed by atoms with Crippen LogP contribution in [0.2, 0.25) is 5.15 Å². The number of nitrogens with one attached hydrogen (secondary N) is 1. The highest BCUT2D eigenvalue weighted by molar-refractivity contribution is 6.29. The molecule has 2 aromatic heterocycles. The van der Waals surface area contributed by atoms with Gasteiger partial charge in [0.1, 0.15) is 5.15 Å². The summed E-state index contributed by atoms with van der Waals surface area (Å²) >= 11 is 5.88. The van der Waals surface area contributed by atoms with Crippen LogP contribution in [0.25, 0.3) is 5.65 Å². The van der Waals surface area contributed by atoms with Crippen LogP contribution in [0.15, 0.2) is 42.5 Å². The molecule has 0 spiro atoms. The van der Waals surface area contributed by atoms with E-state index in [0.29, 0.717) is 29.5 Å². The summed E-state index contributed by atoms with van der Waals surface area (Å²) in [4.78, 5) is 12.2. The van der Waals surface area contributed by atoms with Crippen LogP contribution in [0.1, 0.15) is 17.8 Å². The summed E-state index contributed by atoms with van der Waals surface area (Å²) in [5.41, 5.74) is 1.64. The minimum absolute atomic E-state index is 0.119. The first-order valence-corrected chi connectivity index (χ1v) is 8.34. The third kappa shape index (κ3) is 4.52. The molecule has 25 heavy (non-hydrogen) atoms. The van der Waals surface area contributed by atoms with Gasteiger partial charge in [-0.2, -0.15) is 9.61 Å². The van der Waals surface area contributed by atoms with Gasteiger partial charge in [-0.15, -0.1) is 10.2 Å². The number of aliphatic hydroxyl groups excluding tert-OH is 1. The van der Waals surface area contributed by atoms with Crippen molar-refractivity contribution in [1.82, 2.24) is 25.1 Å². The predicted molar refractivity (Wildman–Crippen MR) is 93.3 cm³/mol. The number of benzene rings is 1. The number of amides is 1. The Balaban J connectivity index is 1.57. The minimum Gasteiger partial charge on any atom is -0.394 e. The van der Waals surface area contributed by atoms with E-state index in [-0.39, 0.29) is 25.0 Å². The van der Waals surface area contributed by atoms with Gasteiger partial charge >= 0.3 is 0 Å². The van der Waals surface area contributed by atoms with Gasteiger partial charge in [-0.3, -0.25) is 4.79 Å². The molecule has 1 atom stereocenters. The molecule has 1 amide bonds. The lowest BCUT2D eigenvalue weighted by molar-refractivity contribution is -0.122. The molecule has 0 saturated heterocycles. The van der Waals surface area contributed by atoms with E-state index in [1.165, 1.54) is 4.52 Å². The second kappa shape index (κ2) is 8.04. The van der Waals surface area contributed by atoms with Crippen LogP contribution in [0.3, 0.4) is 0 Å². The fraction of sp³-hybridized carbons (Fsp3) is 0.294. The Hall–Kier alpha value is -2.51. The molecule has 0 aliphatic heterocycles. The SMILES string of the molecule is O=C(CCc1nnc2ccc(Cl)nn12)N[C@@H](CO)Cc1ccccc1. The number of carbonyl (C=O) groups excluding carboxylic acids is 1. The van der Waals surface area contributed by atoms with Crippen LogP contribution in [-0.2, 0) is 17.6 Å². The maximum Gasteiger partial charge on any atom is 0.220 e. The zero-order chi connectivity index (χ0) is 17.6. The van der Waals surface area contributed by atoms with Crippen molar-refractivity contribution in [3.8, 4) is 0 Å². The van der Waals surface area contributed by atoms with E-state index in [1.54, 1.807) is 12.1 Å². The molecule has 0 saturated carbocycles. The maximum absolute atomic E-state index is 12.2. The molecule has 0 aliphatic carbocycles. The summed E-state index contributed by atoms with van der Waals surface area (Å²) in [5, 5.41) is 24.8. The van der Waals surface area contributed by atoms with Gasteiger partial charge in [-0.05, 0) is 24.1 Å². The molecular weight excluding hydrogens is 342 g/mol. The fourth-order valence-electron chi connectivity index (χ4n) is 2.55. The average Bonchev–Trinajstić information content (AvgIpc) is 3.02. The highest BCUT2D eigenvalue weighted by Crippen LogP contribution is 2.09. The number of carbonyl (C=O) groups is 1. The quantitative estimate of drug-likeness (QED) is 0.665. The monoisotopic (exact) mass is 359 g/mol. The van der Waals surface area contributed by atoms with E-state index in [2.05, 4.69) is 20.6 Å². The van der Waals surface area contributed by atoms with Crippen molar-refractivity contribution in [1.29, 1.82) is 0 Å². The van der Waals surface area contributed by atoms with Crippen LogP contribution in [0, 0.1) is 0 Å². The van der Waals surface area contributed by atoms with Crippen LogP contribution < -0.4 is 5.32 Å². The summed E-state index contributed by atoms with van der Waals surface area (Å²) in [7, 11) is 0. The molecule has 0 aliphatic rings. The number of halogens is 1. The van der Waals surface area contributed by atoms with Gasteiger partial charge < -0.3 is 10.4 Å². The highest BCUT2D eigenvalue weighted by atomic mass is 35.5. The smallest absolute Gasteiger partial charge is 0.220 e. The van der Waals surface area contributed by atoms with E-state index >= 15 is 0 Å². The topological polar surface area (TPSA) is 92.4 Å². The lowest BCUT2D eigenvalue weighted by atomic mass is 10.1. The summed E-state index contributed by atoms with van der Waals surface area (Å²) in [6.45, 7) is -0.119. The molecule has 1 aromatic carbocycles. The van der Waals surface area contributed by atoms with Gasteiger partial charge in [0, 0.05) is 12.8 Å². The number of aromatic nitrogens is 4. The van der Waals surface area contributed by atoms with E-state index in [9.17, 15) is 9.90 Å². The molecule has 3 rings (SSSR count). The number of aryl methyl sites for hydroxylation is 1. The zero-order valence-corrected chi connectivity index (χ0v) is 14.2. The third-order valence-corrected chi connectivity index (χ3v) is 3.98. The van der Waals surface area contributed by atoms with Gasteiger partial charge in [0.05, 0.1) is 12.6 Å². The number of nitrogens with zero attached hydrogens (tertiary/aromatic N) is 4. The Morgan fingerprint density at radius 2 is 2.00 bits per heavy atom. The van der Waals surface area contributed by atoms with Crippen molar-refractivity contribution in [3.63, 3.8) is 0 Å². The number of fused-ring (bicyclic) bond motifs is 1. The molecule has 0 radical (unpaired) electrons. The van der Waals surface area contributed by atoms with Crippen molar-refractivity contribution in [2.75, 3.05) is 6.61 Å². The van der Waals surface area contributed by atoms with Crippen molar-refractivity contribution in [2.45, 2.75) is 25.3 Å². The van der Waals surface area contributed by atoms with Crippen LogP contribution >= 0.6 is 11.6 Å². The zero-order valence-electron chi connectivity index (χ0n) is 13.5. The minimum atomic E-state index is -0.322. The highest BCUT2D eigenvalue weighted by Gasteiger charge is 2.14. The summed E-state index contributed by atoms with van der Waals surface area (Å²) in [5.74, 6) is 0.407. The molecule has 2 heterocycles. The Morgan fingerprint density at radius 3 is 2.76 bits per heavy atom. The van der Waals surface area contributed by atoms with Gasteiger partial charge in [-0.1, -0.05) is 41.9 Å². The molecule has 0 unspecified atom stereocenters. The fourth-order valence-corrected chi connectivity index (χ4v) is 2.69. The van der Waals surface area contributed by atoms with Crippen LogP contribution in [0.4, 0.5) is 0 Å². The van der Waals surface area contributed by atoms with E-state index in [0.717, 1.165) is 5.56 Å². The third-order valence-electron chi connectivity index (χ3n) is 3.78. The Kier molecular flexibility index (Phi) is 5.57. The molecule has 7 nitrogen and oxygen atoms in total. The summed E-state index contributed by atoms with van der Waals surface area (Å²) in [6, 6.07) is 12.8. The van der Waals surface area contributed by atoms with Crippen LogP contribution in [0.5, 0.6) is 0 Å². The molecule has 2 N–H and O–H groups in total. The molecule has 8 heteroatoms. The standard InChI is InChI=1S/C17H18ClN5O2/c18-14-6-7-15-20-21-16(23(15)22-14)8-9-17(25)19-13(11-24)10-12-4-2-1-3-5-12/h1-7,13,24H,8-11H2,(H,19,25)/t13-/m1/s1. The lowest BCUT2D eigenvalue weighted by Gasteiger charge is -2.16. The first-order valence-electron chi connectivity index (χ1n) is 7.96. The second-order valence-corrected chi connectivity index (χ2v) is 6.07. The van der Waals surface area contributed by atoms with Gasteiger partial charge in [-0.25, -0.2) is 0 Å². The van der Waals surface area contributed by atoms with Gasteiger partial charge in [0.15, 0.2) is 11.5 Å². The number of hydrogen-bond acceptors (Lipinski definition) is 5. The van der Waals surface area contributed by atoms with Gasteiger partial charge in [0.25, 0.3) is 0 Å². The lowest BCUT2D eigenvalue weighted by Crippen LogP contribution is -2.39. The maximum atomic E-state index is 12.2. The van der Waals surface area contributed by atoms with Crippen molar-refractivity contribution >= 4 is 23.2 Å². The molecular formula is C17H18ClN5O2. The molecule has 130 valence electrons. The van der Waals surface area contributed by atoms with Crippen molar-refractivity contribution < 1.29 is 9.90 Å². The van der Waals surface area contributed by atoms with E-state index in [1.807, 2.05) is 30.3 Å². The molecule has 3 aromatic rings. The Labute approximate surface area is 149 Å². The number of aliphatic hydroxyl groups is 1. The average molecular weight is 360 g/mol. The summed E-state index contributed by atoms with van der Waals surface area (Å²) in [6.07, 6.45) is 1.18. The van der Waals surface area contributed by atoms with Crippen molar-refractivity contribution in [2.24, 2.45) is 0 Å². The Morgan fingerprint density at radius 1 is 1.20 bits per heavy atom. The first-order chi connectivity index (χ1) is 12.2. The van der Waals surface area contributed by atoms with Gasteiger partial charge in [0.2, 0.25) is 5.91 Å². The predicted octanol–water partition coefficient (Wildman–Crippen LogP) is 1.43.